The molecule has 0 fully saturated rings. The van der Waals surface area contributed by atoms with Gasteiger partial charge in [0, 0.05) is 4.83 Å². The molecule has 0 N–H and O–H groups in total. The van der Waals surface area contributed by atoms with Crippen molar-refractivity contribution in [3.05, 3.63) is 29.8 Å². The Kier molecular flexibility index (Phi) is 5.51. The lowest BCUT2D eigenvalue weighted by Gasteiger charge is -2.28. The van der Waals surface area contributed by atoms with E-state index in [-0.39, 0.29) is 5.41 Å². The highest BCUT2D eigenvalue weighted by molar-refractivity contribution is 9.09. The fourth-order valence-corrected chi connectivity index (χ4v) is 2.99. The van der Waals surface area contributed by atoms with E-state index in [1.54, 1.807) is 0 Å². The van der Waals surface area contributed by atoms with Crippen LogP contribution in [0.1, 0.15) is 46.1 Å². The van der Waals surface area contributed by atoms with Gasteiger partial charge in [0.05, 0.1) is 6.61 Å². The van der Waals surface area contributed by atoms with E-state index in [9.17, 15) is 0 Å². The zero-order valence-electron chi connectivity index (χ0n) is 11.3. The molecule has 1 aromatic carbocycles. The van der Waals surface area contributed by atoms with E-state index in [1.165, 1.54) is 5.56 Å². The first-order valence-electron chi connectivity index (χ1n) is 6.33. The van der Waals surface area contributed by atoms with Gasteiger partial charge in [0.25, 0.3) is 0 Å². The number of alkyl halides is 1. The minimum atomic E-state index is 0.132. The van der Waals surface area contributed by atoms with Crippen LogP contribution < -0.4 is 4.74 Å². The van der Waals surface area contributed by atoms with Gasteiger partial charge in [-0.2, -0.15) is 0 Å². The lowest BCUT2D eigenvalue weighted by Crippen LogP contribution is -2.21. The van der Waals surface area contributed by atoms with Gasteiger partial charge in [0.1, 0.15) is 5.75 Å². The standard InChI is InChI=1S/C15H23BrO/c1-5-10-17-14-9-7-6-8-13(14)15(3,4)11-12(2)16/h6-9,12H,5,10-11H2,1-4H3. The van der Waals surface area contributed by atoms with Gasteiger partial charge in [-0.1, -0.05) is 61.8 Å². The summed E-state index contributed by atoms with van der Waals surface area (Å²) in [5.74, 6) is 1.03. The van der Waals surface area contributed by atoms with E-state index in [1.807, 2.05) is 6.07 Å². The Morgan fingerprint density at radius 1 is 1.29 bits per heavy atom. The summed E-state index contributed by atoms with van der Waals surface area (Å²) in [6, 6.07) is 8.39. The van der Waals surface area contributed by atoms with Crippen LogP contribution in [0.5, 0.6) is 5.75 Å². The van der Waals surface area contributed by atoms with Crippen molar-refractivity contribution < 1.29 is 4.74 Å². The maximum Gasteiger partial charge on any atom is 0.123 e. The first kappa shape index (κ1) is 14.6. The summed E-state index contributed by atoms with van der Waals surface area (Å²) in [5, 5.41) is 0. The highest BCUT2D eigenvalue weighted by Crippen LogP contribution is 2.36. The molecule has 2 heteroatoms. The van der Waals surface area contributed by atoms with Gasteiger partial charge in [-0.3, -0.25) is 0 Å². The molecule has 17 heavy (non-hydrogen) atoms. The van der Waals surface area contributed by atoms with Gasteiger partial charge in [-0.25, -0.2) is 0 Å². The molecule has 0 aliphatic rings. The number of ether oxygens (including phenoxy) is 1. The molecule has 0 bridgehead atoms. The zero-order valence-corrected chi connectivity index (χ0v) is 12.9. The third-order valence-corrected chi connectivity index (χ3v) is 3.19. The van der Waals surface area contributed by atoms with Crippen molar-refractivity contribution in [2.24, 2.45) is 0 Å². The van der Waals surface area contributed by atoms with Gasteiger partial charge in [0.2, 0.25) is 0 Å². The molecule has 96 valence electrons. The van der Waals surface area contributed by atoms with Crippen molar-refractivity contribution >= 4 is 15.9 Å². The van der Waals surface area contributed by atoms with Crippen molar-refractivity contribution in [2.45, 2.75) is 50.8 Å². The number of halogens is 1. The van der Waals surface area contributed by atoms with Crippen LogP contribution in [-0.4, -0.2) is 11.4 Å². The Labute approximate surface area is 114 Å². The SMILES string of the molecule is CCCOc1ccccc1C(C)(C)CC(C)Br. The Hall–Kier alpha value is -0.500. The third-order valence-electron chi connectivity index (χ3n) is 2.87. The molecule has 0 saturated heterocycles. The average molecular weight is 299 g/mol. The molecule has 1 rings (SSSR count). The van der Waals surface area contributed by atoms with Crippen molar-refractivity contribution in [1.82, 2.24) is 0 Å². The second-order valence-corrected chi connectivity index (χ2v) is 6.78. The van der Waals surface area contributed by atoms with Crippen LogP contribution in [-0.2, 0) is 5.41 Å². The minimum absolute atomic E-state index is 0.132. The van der Waals surface area contributed by atoms with Crippen molar-refractivity contribution in [3.8, 4) is 5.75 Å². The van der Waals surface area contributed by atoms with Crippen LogP contribution >= 0.6 is 15.9 Å². The topological polar surface area (TPSA) is 9.23 Å². The molecule has 0 saturated carbocycles. The van der Waals surface area contributed by atoms with Crippen molar-refractivity contribution in [3.63, 3.8) is 0 Å². The minimum Gasteiger partial charge on any atom is -0.493 e. The Balaban J connectivity index is 2.94. The summed E-state index contributed by atoms with van der Waals surface area (Å²) in [6.07, 6.45) is 2.14. The predicted octanol–water partition coefficient (Wildman–Crippen LogP) is 4.93. The summed E-state index contributed by atoms with van der Waals surface area (Å²) in [5.41, 5.74) is 1.44. The quantitative estimate of drug-likeness (QED) is 0.677. The maximum atomic E-state index is 5.84. The van der Waals surface area contributed by atoms with Crippen LogP contribution in [0, 0.1) is 0 Å². The third kappa shape index (κ3) is 4.34. The Bertz CT molecular complexity index is 345. The van der Waals surface area contributed by atoms with Gasteiger partial charge < -0.3 is 4.74 Å². The number of rotatable bonds is 6. The average Bonchev–Trinajstić information content (AvgIpc) is 2.25. The van der Waals surface area contributed by atoms with Crippen LogP contribution in [0.15, 0.2) is 24.3 Å². The van der Waals surface area contributed by atoms with Crippen molar-refractivity contribution in [1.29, 1.82) is 0 Å². The lowest BCUT2D eigenvalue weighted by atomic mass is 9.80. The molecular formula is C15H23BrO. The Morgan fingerprint density at radius 2 is 1.94 bits per heavy atom. The molecule has 0 aliphatic heterocycles. The molecular weight excluding hydrogens is 276 g/mol. The second kappa shape index (κ2) is 6.44. The second-order valence-electron chi connectivity index (χ2n) is 5.21. The van der Waals surface area contributed by atoms with E-state index in [4.69, 9.17) is 4.74 Å². The predicted molar refractivity (Wildman–Crippen MR) is 78.3 cm³/mol. The maximum absolute atomic E-state index is 5.84. The normalized spacial score (nSPS) is 13.5. The van der Waals surface area contributed by atoms with E-state index in [2.05, 4.69) is 61.8 Å². The summed E-state index contributed by atoms with van der Waals surface area (Å²) in [6.45, 7) is 9.67. The fourth-order valence-electron chi connectivity index (χ4n) is 2.18. The molecule has 1 nitrogen and oxygen atoms in total. The fraction of sp³-hybridized carbons (Fsp3) is 0.600. The van der Waals surface area contributed by atoms with Crippen LogP contribution in [0.4, 0.5) is 0 Å². The first-order valence-corrected chi connectivity index (χ1v) is 7.25. The van der Waals surface area contributed by atoms with E-state index < -0.39 is 0 Å². The zero-order chi connectivity index (χ0) is 12.9. The van der Waals surface area contributed by atoms with Gasteiger partial charge in [-0.15, -0.1) is 0 Å². The van der Waals surface area contributed by atoms with Gasteiger partial charge in [0.15, 0.2) is 0 Å². The molecule has 0 amide bonds. The summed E-state index contributed by atoms with van der Waals surface area (Å²) >= 11 is 3.64. The molecule has 1 aromatic rings. The van der Waals surface area contributed by atoms with Crippen LogP contribution in [0.3, 0.4) is 0 Å². The molecule has 1 unspecified atom stereocenters. The summed E-state index contributed by atoms with van der Waals surface area (Å²) < 4.78 is 5.84. The highest BCUT2D eigenvalue weighted by Gasteiger charge is 2.25. The van der Waals surface area contributed by atoms with E-state index >= 15 is 0 Å². The van der Waals surface area contributed by atoms with Crippen LogP contribution in [0.2, 0.25) is 0 Å². The molecule has 0 spiro atoms. The van der Waals surface area contributed by atoms with Crippen molar-refractivity contribution in [2.75, 3.05) is 6.61 Å². The molecule has 0 aromatic heterocycles. The smallest absolute Gasteiger partial charge is 0.123 e. The molecule has 0 radical (unpaired) electrons. The number of para-hydroxylation sites is 1. The first-order chi connectivity index (χ1) is 7.97. The largest absolute Gasteiger partial charge is 0.493 e. The summed E-state index contributed by atoms with van der Waals surface area (Å²) in [4.78, 5) is 0.511. The molecule has 0 heterocycles. The van der Waals surface area contributed by atoms with E-state index in [0.717, 1.165) is 25.2 Å². The number of hydrogen-bond donors (Lipinski definition) is 0. The molecule has 0 aliphatic carbocycles. The van der Waals surface area contributed by atoms with E-state index in [0.29, 0.717) is 4.83 Å². The Morgan fingerprint density at radius 3 is 2.53 bits per heavy atom. The van der Waals surface area contributed by atoms with Gasteiger partial charge in [-0.05, 0) is 29.9 Å². The lowest BCUT2D eigenvalue weighted by molar-refractivity contribution is 0.305. The monoisotopic (exact) mass is 298 g/mol. The van der Waals surface area contributed by atoms with Crippen LogP contribution in [0.25, 0.3) is 0 Å². The summed E-state index contributed by atoms with van der Waals surface area (Å²) in [7, 11) is 0. The van der Waals surface area contributed by atoms with Gasteiger partial charge >= 0.3 is 0 Å². The highest BCUT2D eigenvalue weighted by atomic mass is 79.9. The number of benzene rings is 1. The molecule has 1 atom stereocenters. The number of hydrogen-bond acceptors (Lipinski definition) is 1.